The Balaban J connectivity index is 1.83. The standard InChI is InChI=1S/C25H29NO/c1-25(2,3)19-10-8-18(9-11-19)20-12-13-23(27)21-14-15-26-22(24(20)21)16-17-6-4-5-7-17/h8-15,17,27H,4-7,16H2,1-3H3. The quantitative estimate of drug-likeness (QED) is 0.569. The second-order valence-corrected chi connectivity index (χ2v) is 8.99. The molecule has 1 N–H and O–H groups in total. The first-order valence-corrected chi connectivity index (χ1v) is 10.1. The van der Waals surface area contributed by atoms with Gasteiger partial charge in [0.25, 0.3) is 0 Å². The molecule has 1 aliphatic carbocycles. The minimum absolute atomic E-state index is 0.144. The molecular formula is C25H29NO. The summed E-state index contributed by atoms with van der Waals surface area (Å²) in [5.74, 6) is 1.07. The minimum atomic E-state index is 0.144. The molecule has 0 saturated heterocycles. The summed E-state index contributed by atoms with van der Waals surface area (Å²) in [6.07, 6.45) is 8.12. The third-order valence-electron chi connectivity index (χ3n) is 6.00. The molecule has 0 bridgehead atoms. The molecule has 1 heterocycles. The van der Waals surface area contributed by atoms with Crippen molar-refractivity contribution in [1.82, 2.24) is 4.98 Å². The van der Waals surface area contributed by atoms with Crippen LogP contribution in [-0.4, -0.2) is 10.1 Å². The number of phenolic OH excluding ortho intramolecular Hbond substituents is 1. The molecule has 1 aromatic heterocycles. The second-order valence-electron chi connectivity index (χ2n) is 8.99. The van der Waals surface area contributed by atoms with Crippen molar-refractivity contribution in [2.24, 2.45) is 5.92 Å². The van der Waals surface area contributed by atoms with E-state index >= 15 is 0 Å². The van der Waals surface area contributed by atoms with Crippen LogP contribution in [0.4, 0.5) is 0 Å². The molecule has 0 atom stereocenters. The van der Waals surface area contributed by atoms with Crippen LogP contribution in [0.5, 0.6) is 5.75 Å². The molecule has 2 nitrogen and oxygen atoms in total. The number of aromatic nitrogens is 1. The predicted octanol–water partition coefficient (Wildman–Crippen LogP) is 6.64. The van der Waals surface area contributed by atoms with Crippen molar-refractivity contribution in [2.75, 3.05) is 0 Å². The molecule has 1 saturated carbocycles. The van der Waals surface area contributed by atoms with Crippen molar-refractivity contribution >= 4 is 10.8 Å². The maximum atomic E-state index is 10.5. The summed E-state index contributed by atoms with van der Waals surface area (Å²) < 4.78 is 0. The Hall–Kier alpha value is -2.35. The summed E-state index contributed by atoms with van der Waals surface area (Å²) in [6, 6.07) is 14.7. The fourth-order valence-corrected chi connectivity index (χ4v) is 4.39. The van der Waals surface area contributed by atoms with Crippen molar-refractivity contribution in [3.63, 3.8) is 0 Å². The summed E-state index contributed by atoms with van der Waals surface area (Å²) in [7, 11) is 0. The average Bonchev–Trinajstić information content (AvgIpc) is 3.15. The van der Waals surface area contributed by atoms with E-state index in [9.17, 15) is 5.11 Å². The normalized spacial score (nSPS) is 15.5. The van der Waals surface area contributed by atoms with Crippen molar-refractivity contribution in [1.29, 1.82) is 0 Å². The summed E-state index contributed by atoms with van der Waals surface area (Å²) in [4.78, 5) is 4.74. The van der Waals surface area contributed by atoms with E-state index in [1.165, 1.54) is 42.4 Å². The third kappa shape index (κ3) is 3.58. The van der Waals surface area contributed by atoms with Gasteiger partial charge in [0, 0.05) is 22.7 Å². The molecule has 0 spiro atoms. The van der Waals surface area contributed by atoms with Crippen molar-refractivity contribution < 1.29 is 5.11 Å². The number of pyridine rings is 1. The average molecular weight is 360 g/mol. The highest BCUT2D eigenvalue weighted by molar-refractivity contribution is 6.01. The van der Waals surface area contributed by atoms with Crippen LogP contribution in [0.3, 0.4) is 0 Å². The van der Waals surface area contributed by atoms with Crippen LogP contribution < -0.4 is 0 Å². The van der Waals surface area contributed by atoms with Crippen LogP contribution in [0, 0.1) is 5.92 Å². The second kappa shape index (κ2) is 6.99. The first-order chi connectivity index (χ1) is 12.9. The fraction of sp³-hybridized carbons (Fsp3) is 0.400. The highest BCUT2D eigenvalue weighted by atomic mass is 16.3. The van der Waals surface area contributed by atoms with Gasteiger partial charge in [-0.2, -0.15) is 0 Å². The Kier molecular flexibility index (Phi) is 4.67. The maximum Gasteiger partial charge on any atom is 0.123 e. The van der Waals surface area contributed by atoms with Gasteiger partial charge in [-0.25, -0.2) is 0 Å². The van der Waals surface area contributed by atoms with Gasteiger partial charge in [0.05, 0.1) is 0 Å². The smallest absolute Gasteiger partial charge is 0.123 e. The van der Waals surface area contributed by atoms with Crippen LogP contribution >= 0.6 is 0 Å². The largest absolute Gasteiger partial charge is 0.507 e. The van der Waals surface area contributed by atoms with Crippen molar-refractivity contribution in [2.45, 2.75) is 58.3 Å². The summed E-state index contributed by atoms with van der Waals surface area (Å²) in [6.45, 7) is 6.71. The van der Waals surface area contributed by atoms with Gasteiger partial charge < -0.3 is 5.11 Å². The topological polar surface area (TPSA) is 33.1 Å². The molecule has 0 radical (unpaired) electrons. The van der Waals surface area contributed by atoms with E-state index in [4.69, 9.17) is 4.98 Å². The van der Waals surface area contributed by atoms with Crippen molar-refractivity contribution in [3.8, 4) is 16.9 Å². The van der Waals surface area contributed by atoms with Gasteiger partial charge in [0.1, 0.15) is 5.75 Å². The van der Waals surface area contributed by atoms with Crippen LogP contribution in [0.25, 0.3) is 21.9 Å². The lowest BCUT2D eigenvalue weighted by Crippen LogP contribution is -2.10. The molecule has 0 aliphatic heterocycles. The predicted molar refractivity (Wildman–Crippen MR) is 113 cm³/mol. The molecular weight excluding hydrogens is 330 g/mol. The highest BCUT2D eigenvalue weighted by Gasteiger charge is 2.20. The SMILES string of the molecule is CC(C)(C)c1ccc(-c2ccc(O)c3ccnc(CC4CCCC4)c23)cc1. The molecule has 2 heteroatoms. The zero-order valence-electron chi connectivity index (χ0n) is 16.6. The summed E-state index contributed by atoms with van der Waals surface area (Å²) in [5, 5.41) is 12.5. The van der Waals surface area contributed by atoms with Gasteiger partial charge >= 0.3 is 0 Å². The van der Waals surface area contributed by atoms with Crippen LogP contribution in [0.2, 0.25) is 0 Å². The number of aromatic hydroxyl groups is 1. The fourth-order valence-electron chi connectivity index (χ4n) is 4.39. The maximum absolute atomic E-state index is 10.5. The van der Waals surface area contributed by atoms with E-state index in [1.807, 2.05) is 24.4 Å². The number of rotatable bonds is 3. The van der Waals surface area contributed by atoms with Gasteiger partial charge in [-0.1, -0.05) is 70.7 Å². The van der Waals surface area contributed by atoms with Crippen LogP contribution in [0.1, 0.15) is 57.7 Å². The van der Waals surface area contributed by atoms with E-state index in [1.54, 1.807) is 0 Å². The molecule has 2 aromatic carbocycles. The van der Waals surface area contributed by atoms with Crippen LogP contribution in [-0.2, 0) is 11.8 Å². The van der Waals surface area contributed by atoms with E-state index < -0.39 is 0 Å². The highest BCUT2D eigenvalue weighted by Crippen LogP contribution is 2.38. The van der Waals surface area contributed by atoms with E-state index in [0.717, 1.165) is 28.8 Å². The van der Waals surface area contributed by atoms with Crippen molar-refractivity contribution in [3.05, 3.63) is 59.9 Å². The number of nitrogens with zero attached hydrogens (tertiary/aromatic N) is 1. The lowest BCUT2D eigenvalue weighted by molar-refractivity contribution is 0.481. The Morgan fingerprint density at radius 2 is 1.67 bits per heavy atom. The Labute approximate surface area is 162 Å². The number of hydrogen-bond acceptors (Lipinski definition) is 2. The lowest BCUT2D eigenvalue weighted by atomic mass is 9.85. The lowest BCUT2D eigenvalue weighted by Gasteiger charge is -2.20. The van der Waals surface area contributed by atoms with Gasteiger partial charge in [0.2, 0.25) is 0 Å². The number of hydrogen-bond donors (Lipinski definition) is 1. The zero-order valence-corrected chi connectivity index (χ0v) is 16.6. The number of benzene rings is 2. The van der Waals surface area contributed by atoms with E-state index in [2.05, 4.69) is 45.0 Å². The Bertz CT molecular complexity index is 944. The third-order valence-corrected chi connectivity index (χ3v) is 6.00. The van der Waals surface area contributed by atoms with Gasteiger partial charge in [-0.3, -0.25) is 4.98 Å². The van der Waals surface area contributed by atoms with Crippen LogP contribution in [0.15, 0.2) is 48.7 Å². The molecule has 1 fully saturated rings. The first-order valence-electron chi connectivity index (χ1n) is 10.1. The van der Waals surface area contributed by atoms with Gasteiger partial charge in [-0.15, -0.1) is 0 Å². The number of phenols is 1. The Morgan fingerprint density at radius 1 is 0.963 bits per heavy atom. The Morgan fingerprint density at radius 3 is 2.33 bits per heavy atom. The molecule has 27 heavy (non-hydrogen) atoms. The molecule has 4 rings (SSSR count). The molecule has 0 amide bonds. The van der Waals surface area contributed by atoms with Gasteiger partial charge in [-0.05, 0) is 52.6 Å². The van der Waals surface area contributed by atoms with E-state index in [-0.39, 0.29) is 5.41 Å². The van der Waals surface area contributed by atoms with E-state index in [0.29, 0.717) is 5.75 Å². The first kappa shape index (κ1) is 18.0. The molecule has 1 aliphatic rings. The minimum Gasteiger partial charge on any atom is -0.507 e. The summed E-state index contributed by atoms with van der Waals surface area (Å²) in [5.41, 5.74) is 4.96. The summed E-state index contributed by atoms with van der Waals surface area (Å²) >= 11 is 0. The van der Waals surface area contributed by atoms with Gasteiger partial charge in [0.15, 0.2) is 0 Å². The monoisotopic (exact) mass is 359 g/mol. The molecule has 3 aromatic rings. The molecule has 140 valence electrons. The number of fused-ring (bicyclic) bond motifs is 1. The molecule has 0 unspecified atom stereocenters. The zero-order chi connectivity index (χ0) is 19.0.